The van der Waals surface area contributed by atoms with Crippen LogP contribution in [0.5, 0.6) is 0 Å². The Morgan fingerprint density at radius 2 is 1.70 bits per heavy atom. The average molecular weight is 426 g/mol. The number of carbonyl (C=O) groups excluding carboxylic acids is 1. The fraction of sp³-hybridized carbons (Fsp3) is 0.318. The van der Waals surface area contributed by atoms with Gasteiger partial charge in [-0.25, -0.2) is 18.4 Å². The van der Waals surface area contributed by atoms with Crippen LogP contribution in [-0.4, -0.2) is 40.5 Å². The fourth-order valence-electron chi connectivity index (χ4n) is 3.66. The molecule has 2 aromatic carbocycles. The van der Waals surface area contributed by atoms with Crippen LogP contribution in [0, 0.1) is 6.92 Å². The maximum atomic E-state index is 13.0. The molecular formula is C22H23N3O4S. The Kier molecular flexibility index (Phi) is 5.53. The molecule has 1 aliphatic rings. The SMILES string of the molecule is CCS(=O)(=O)N1Cc2ccccc2C[C@H]1C(=O)OCc1nc2ccccc2nc1C. The summed E-state index contributed by atoms with van der Waals surface area (Å²) < 4.78 is 32.1. The van der Waals surface area contributed by atoms with E-state index >= 15 is 0 Å². The lowest BCUT2D eigenvalue weighted by atomic mass is 9.96. The monoisotopic (exact) mass is 425 g/mol. The number of aromatic nitrogens is 2. The van der Waals surface area contributed by atoms with Crippen LogP contribution < -0.4 is 0 Å². The number of para-hydroxylation sites is 2. The summed E-state index contributed by atoms with van der Waals surface area (Å²) in [7, 11) is -3.57. The highest BCUT2D eigenvalue weighted by molar-refractivity contribution is 7.89. The lowest BCUT2D eigenvalue weighted by Crippen LogP contribution is -2.49. The third-order valence-corrected chi connectivity index (χ3v) is 7.22. The van der Waals surface area contributed by atoms with Crippen molar-refractivity contribution in [1.29, 1.82) is 0 Å². The number of nitrogens with zero attached hydrogens (tertiary/aromatic N) is 3. The van der Waals surface area contributed by atoms with Crippen molar-refractivity contribution in [3.05, 3.63) is 71.0 Å². The summed E-state index contributed by atoms with van der Waals surface area (Å²) in [5, 5.41) is 0. The number of fused-ring (bicyclic) bond motifs is 2. The zero-order chi connectivity index (χ0) is 21.3. The first-order chi connectivity index (χ1) is 14.4. The fourth-order valence-corrected chi connectivity index (χ4v) is 4.87. The summed E-state index contributed by atoms with van der Waals surface area (Å²) in [5.74, 6) is -0.648. The number of ether oxygens (including phenoxy) is 1. The topological polar surface area (TPSA) is 89.5 Å². The first kappa shape index (κ1) is 20.4. The Hall–Kier alpha value is -2.84. The predicted molar refractivity (Wildman–Crippen MR) is 113 cm³/mol. The van der Waals surface area contributed by atoms with Crippen molar-refractivity contribution < 1.29 is 17.9 Å². The van der Waals surface area contributed by atoms with Crippen LogP contribution in [0.4, 0.5) is 0 Å². The maximum Gasteiger partial charge on any atom is 0.325 e. The molecule has 4 rings (SSSR count). The third-order valence-electron chi connectivity index (χ3n) is 5.39. The van der Waals surface area contributed by atoms with Crippen LogP contribution in [0.3, 0.4) is 0 Å². The van der Waals surface area contributed by atoms with Crippen LogP contribution >= 0.6 is 0 Å². The van der Waals surface area contributed by atoms with Crippen LogP contribution in [0.25, 0.3) is 11.0 Å². The van der Waals surface area contributed by atoms with Gasteiger partial charge in [0.25, 0.3) is 0 Å². The lowest BCUT2D eigenvalue weighted by Gasteiger charge is -2.34. The van der Waals surface area contributed by atoms with E-state index in [4.69, 9.17) is 4.74 Å². The van der Waals surface area contributed by atoms with Gasteiger partial charge >= 0.3 is 5.97 Å². The van der Waals surface area contributed by atoms with Crippen LogP contribution in [-0.2, 0) is 39.1 Å². The summed E-state index contributed by atoms with van der Waals surface area (Å²) >= 11 is 0. The zero-order valence-electron chi connectivity index (χ0n) is 16.9. The Morgan fingerprint density at radius 3 is 2.40 bits per heavy atom. The molecule has 0 saturated heterocycles. The van der Waals surface area contributed by atoms with E-state index in [0.29, 0.717) is 11.4 Å². The second-order valence-corrected chi connectivity index (χ2v) is 9.50. The zero-order valence-corrected chi connectivity index (χ0v) is 17.7. The summed E-state index contributed by atoms with van der Waals surface area (Å²) in [4.78, 5) is 22.0. The molecule has 1 atom stereocenters. The maximum absolute atomic E-state index is 13.0. The minimum Gasteiger partial charge on any atom is -0.458 e. The molecule has 3 aromatic rings. The second kappa shape index (κ2) is 8.12. The van der Waals surface area contributed by atoms with E-state index < -0.39 is 22.0 Å². The molecular weight excluding hydrogens is 402 g/mol. The average Bonchev–Trinajstić information content (AvgIpc) is 2.76. The quantitative estimate of drug-likeness (QED) is 0.584. The van der Waals surface area contributed by atoms with Crippen molar-refractivity contribution in [1.82, 2.24) is 14.3 Å². The van der Waals surface area contributed by atoms with Crippen molar-refractivity contribution in [3.63, 3.8) is 0 Å². The van der Waals surface area contributed by atoms with Crippen molar-refractivity contribution >= 4 is 27.0 Å². The summed E-state index contributed by atoms with van der Waals surface area (Å²) in [6, 6.07) is 14.2. The van der Waals surface area contributed by atoms with E-state index in [1.807, 2.05) is 55.5 Å². The molecule has 156 valence electrons. The number of rotatable bonds is 5. The molecule has 0 bridgehead atoms. The summed E-state index contributed by atoms with van der Waals surface area (Å²) in [5.41, 5.74) is 4.60. The molecule has 0 unspecified atom stereocenters. The Balaban J connectivity index is 1.57. The smallest absolute Gasteiger partial charge is 0.325 e. The number of benzene rings is 2. The number of hydrogen-bond acceptors (Lipinski definition) is 6. The highest BCUT2D eigenvalue weighted by atomic mass is 32.2. The predicted octanol–water partition coefficient (Wildman–Crippen LogP) is 2.76. The van der Waals surface area contributed by atoms with Gasteiger partial charge in [0, 0.05) is 13.0 Å². The number of hydrogen-bond donors (Lipinski definition) is 0. The molecule has 0 radical (unpaired) electrons. The molecule has 8 heteroatoms. The van der Waals surface area contributed by atoms with Gasteiger partial charge in [-0.05, 0) is 37.1 Å². The summed E-state index contributed by atoms with van der Waals surface area (Å²) in [6.45, 7) is 3.50. The van der Waals surface area contributed by atoms with Gasteiger partial charge < -0.3 is 4.74 Å². The van der Waals surface area contributed by atoms with Crippen LogP contribution in [0.2, 0.25) is 0 Å². The molecule has 1 aliphatic heterocycles. The van der Waals surface area contributed by atoms with Crippen LogP contribution in [0.1, 0.15) is 29.4 Å². The molecule has 30 heavy (non-hydrogen) atoms. The third kappa shape index (κ3) is 3.93. The van der Waals surface area contributed by atoms with E-state index in [1.165, 1.54) is 4.31 Å². The Bertz CT molecular complexity index is 1210. The Labute approximate surface area is 175 Å². The molecule has 2 heterocycles. The molecule has 0 N–H and O–H groups in total. The molecule has 0 amide bonds. The first-order valence-corrected chi connectivity index (χ1v) is 11.4. The molecule has 0 spiro atoms. The van der Waals surface area contributed by atoms with Gasteiger partial charge in [-0.2, -0.15) is 4.31 Å². The molecule has 0 saturated carbocycles. The number of aryl methyl sites for hydroxylation is 1. The Morgan fingerprint density at radius 1 is 1.07 bits per heavy atom. The number of esters is 1. The first-order valence-electron chi connectivity index (χ1n) is 9.84. The van der Waals surface area contributed by atoms with Crippen molar-refractivity contribution in [2.45, 2.75) is 39.5 Å². The van der Waals surface area contributed by atoms with Gasteiger partial charge in [-0.3, -0.25) is 4.79 Å². The van der Waals surface area contributed by atoms with Gasteiger partial charge in [0.1, 0.15) is 12.6 Å². The number of sulfonamides is 1. The lowest BCUT2D eigenvalue weighted by molar-refractivity contribution is -0.150. The van der Waals surface area contributed by atoms with E-state index in [9.17, 15) is 13.2 Å². The summed E-state index contributed by atoms with van der Waals surface area (Å²) in [6.07, 6.45) is 0.288. The molecule has 7 nitrogen and oxygen atoms in total. The highest BCUT2D eigenvalue weighted by Gasteiger charge is 2.39. The van der Waals surface area contributed by atoms with Gasteiger partial charge in [0.05, 0.1) is 28.2 Å². The normalized spacial score (nSPS) is 16.9. The van der Waals surface area contributed by atoms with Gasteiger partial charge in [-0.15, -0.1) is 0 Å². The molecule has 0 fully saturated rings. The van der Waals surface area contributed by atoms with E-state index in [-0.39, 0.29) is 25.3 Å². The van der Waals surface area contributed by atoms with E-state index in [2.05, 4.69) is 9.97 Å². The van der Waals surface area contributed by atoms with Crippen molar-refractivity contribution in [2.75, 3.05) is 5.75 Å². The van der Waals surface area contributed by atoms with Crippen molar-refractivity contribution in [2.24, 2.45) is 0 Å². The minimum absolute atomic E-state index is 0.0549. The van der Waals surface area contributed by atoms with Gasteiger partial charge in [0.2, 0.25) is 10.0 Å². The highest BCUT2D eigenvalue weighted by Crippen LogP contribution is 2.27. The molecule has 0 aliphatic carbocycles. The van der Waals surface area contributed by atoms with E-state index in [0.717, 1.165) is 22.2 Å². The molecule has 1 aromatic heterocycles. The van der Waals surface area contributed by atoms with Crippen molar-refractivity contribution in [3.8, 4) is 0 Å². The minimum atomic E-state index is -3.57. The standard InChI is InChI=1S/C22H23N3O4S/c1-3-30(27,28)25-13-17-9-5-4-8-16(17)12-21(25)22(26)29-14-20-15(2)23-18-10-6-7-11-19(18)24-20/h4-11,21H,3,12-14H2,1-2H3/t21-/m0/s1. The largest absolute Gasteiger partial charge is 0.458 e. The second-order valence-electron chi connectivity index (χ2n) is 7.29. The number of carbonyl (C=O) groups is 1. The van der Waals surface area contributed by atoms with E-state index in [1.54, 1.807) is 6.92 Å². The van der Waals surface area contributed by atoms with Gasteiger partial charge in [-0.1, -0.05) is 36.4 Å². The van der Waals surface area contributed by atoms with Gasteiger partial charge in [0.15, 0.2) is 0 Å². The van der Waals surface area contributed by atoms with Crippen LogP contribution in [0.15, 0.2) is 48.5 Å².